The lowest BCUT2D eigenvalue weighted by molar-refractivity contribution is 0.0765. The minimum Gasteiger partial charge on any atom is -0.383 e. The number of carbonyl (C=O) groups is 1. The normalized spacial score (nSPS) is 18.1. The number of aromatic nitrogens is 1. The maximum Gasteiger partial charge on any atom is 0.256 e. The van der Waals surface area contributed by atoms with E-state index in [2.05, 4.69) is 31.1 Å². The molecule has 21 heavy (non-hydrogen) atoms. The Hall–Kier alpha value is -1.23. The number of carbonyl (C=O) groups excluding carboxylic acids is 1. The zero-order chi connectivity index (χ0) is 15.3. The van der Waals surface area contributed by atoms with Crippen molar-refractivity contribution in [1.29, 1.82) is 0 Å². The van der Waals surface area contributed by atoms with Crippen molar-refractivity contribution >= 4 is 23.4 Å². The largest absolute Gasteiger partial charge is 0.383 e. The van der Waals surface area contributed by atoms with Gasteiger partial charge in [0.2, 0.25) is 0 Å². The molecule has 0 spiro atoms. The average Bonchev–Trinajstić information content (AvgIpc) is 2.65. The summed E-state index contributed by atoms with van der Waals surface area (Å²) in [4.78, 5) is 18.9. The molecular weight excluding hydrogens is 282 g/mol. The van der Waals surface area contributed by atoms with E-state index in [4.69, 9.17) is 0 Å². The molecule has 1 fully saturated rings. The molecule has 1 saturated heterocycles. The molecule has 0 saturated carbocycles. The molecule has 0 atom stereocenters. The first-order valence-electron chi connectivity index (χ1n) is 7.64. The Kier molecular flexibility index (Phi) is 5.51. The fourth-order valence-corrected chi connectivity index (χ4v) is 3.48. The Bertz CT molecular complexity index is 490. The number of anilines is 1. The number of amides is 1. The topological polar surface area (TPSA) is 45.2 Å². The zero-order valence-electron chi connectivity index (χ0n) is 13.2. The van der Waals surface area contributed by atoms with Crippen molar-refractivity contribution in [2.45, 2.75) is 38.4 Å². The molecule has 1 aliphatic rings. The van der Waals surface area contributed by atoms with Crippen molar-refractivity contribution in [3.63, 3.8) is 0 Å². The van der Waals surface area contributed by atoms with E-state index >= 15 is 0 Å². The van der Waals surface area contributed by atoms with E-state index in [1.807, 2.05) is 22.7 Å². The van der Waals surface area contributed by atoms with Crippen LogP contribution in [0.25, 0.3) is 0 Å². The van der Waals surface area contributed by atoms with Crippen LogP contribution in [0.3, 0.4) is 0 Å². The third kappa shape index (κ3) is 4.37. The summed E-state index contributed by atoms with van der Waals surface area (Å²) < 4.78 is 0.260. The first-order chi connectivity index (χ1) is 10.0. The number of hydrogen-bond acceptors (Lipinski definition) is 4. The van der Waals surface area contributed by atoms with Gasteiger partial charge in [-0.25, -0.2) is 0 Å². The highest BCUT2D eigenvalue weighted by atomic mass is 32.2. The van der Waals surface area contributed by atoms with Gasteiger partial charge in [-0.1, -0.05) is 20.8 Å². The van der Waals surface area contributed by atoms with Crippen molar-refractivity contribution in [2.75, 3.05) is 30.7 Å². The third-order valence-corrected chi connectivity index (χ3v) is 5.11. The van der Waals surface area contributed by atoms with Gasteiger partial charge in [-0.3, -0.25) is 9.78 Å². The summed E-state index contributed by atoms with van der Waals surface area (Å²) in [6.07, 6.45) is 5.50. The lowest BCUT2D eigenvalue weighted by Crippen LogP contribution is -2.34. The molecule has 0 aliphatic carbocycles. The summed E-state index contributed by atoms with van der Waals surface area (Å²) in [5.74, 6) is 1.12. The standard InChI is InChI=1S/C16H25N3OS/c1-4-7-18-14-12-17-8-5-13(14)15(20)19-9-6-16(2,3)21-11-10-19/h5,8,12,18H,4,6-7,9-11H2,1-3H3. The molecule has 2 rings (SSSR count). The molecule has 1 aromatic heterocycles. The van der Waals surface area contributed by atoms with Crippen LogP contribution in [0, 0.1) is 0 Å². The predicted octanol–water partition coefficient (Wildman–Crippen LogP) is 3.26. The van der Waals surface area contributed by atoms with E-state index in [1.165, 1.54) is 0 Å². The summed E-state index contributed by atoms with van der Waals surface area (Å²) in [5.41, 5.74) is 1.59. The van der Waals surface area contributed by atoms with Gasteiger partial charge in [-0.15, -0.1) is 0 Å². The fourth-order valence-electron chi connectivity index (χ4n) is 2.38. The van der Waals surface area contributed by atoms with Gasteiger partial charge < -0.3 is 10.2 Å². The second kappa shape index (κ2) is 7.16. The highest BCUT2D eigenvalue weighted by molar-refractivity contribution is 8.00. The lowest BCUT2D eigenvalue weighted by Gasteiger charge is -2.23. The Morgan fingerprint density at radius 3 is 3.05 bits per heavy atom. The van der Waals surface area contributed by atoms with Crippen molar-refractivity contribution in [1.82, 2.24) is 9.88 Å². The summed E-state index contributed by atoms with van der Waals surface area (Å²) >= 11 is 1.95. The molecule has 0 unspecified atom stereocenters. The Morgan fingerprint density at radius 1 is 1.48 bits per heavy atom. The van der Waals surface area contributed by atoms with E-state index in [-0.39, 0.29) is 10.7 Å². The molecular formula is C16H25N3OS. The second-order valence-electron chi connectivity index (χ2n) is 6.00. The van der Waals surface area contributed by atoms with Crippen LogP contribution in [-0.4, -0.2) is 45.9 Å². The molecule has 0 radical (unpaired) electrons. The molecule has 116 valence electrons. The van der Waals surface area contributed by atoms with Crippen LogP contribution in [0.5, 0.6) is 0 Å². The number of nitrogens with one attached hydrogen (secondary N) is 1. The number of rotatable bonds is 4. The molecule has 0 aromatic carbocycles. The molecule has 5 heteroatoms. The van der Waals surface area contributed by atoms with Gasteiger partial charge in [0.05, 0.1) is 17.4 Å². The van der Waals surface area contributed by atoms with Gasteiger partial charge in [-0.05, 0) is 18.9 Å². The molecule has 0 bridgehead atoms. The van der Waals surface area contributed by atoms with Crippen LogP contribution in [0.1, 0.15) is 44.0 Å². The fraction of sp³-hybridized carbons (Fsp3) is 0.625. The van der Waals surface area contributed by atoms with Crippen LogP contribution in [-0.2, 0) is 0 Å². The van der Waals surface area contributed by atoms with E-state index in [0.29, 0.717) is 0 Å². The second-order valence-corrected chi connectivity index (χ2v) is 7.80. The summed E-state index contributed by atoms with van der Waals surface area (Å²) in [5, 5.41) is 3.30. The van der Waals surface area contributed by atoms with Gasteiger partial charge in [0.1, 0.15) is 0 Å². The van der Waals surface area contributed by atoms with Crippen LogP contribution in [0.4, 0.5) is 5.69 Å². The number of thioether (sulfide) groups is 1. The predicted molar refractivity (Wildman–Crippen MR) is 90.1 cm³/mol. The Balaban J connectivity index is 2.12. The Labute approximate surface area is 131 Å². The zero-order valence-corrected chi connectivity index (χ0v) is 14.0. The molecule has 2 heterocycles. The van der Waals surface area contributed by atoms with E-state index in [1.54, 1.807) is 12.4 Å². The van der Waals surface area contributed by atoms with Crippen molar-refractivity contribution in [3.8, 4) is 0 Å². The number of pyridine rings is 1. The summed E-state index contributed by atoms with van der Waals surface area (Å²) in [6.45, 7) is 9.13. The van der Waals surface area contributed by atoms with Gasteiger partial charge in [0.15, 0.2) is 0 Å². The van der Waals surface area contributed by atoms with Gasteiger partial charge in [-0.2, -0.15) is 11.8 Å². The van der Waals surface area contributed by atoms with Crippen LogP contribution in [0.15, 0.2) is 18.5 Å². The van der Waals surface area contributed by atoms with Gasteiger partial charge >= 0.3 is 0 Å². The lowest BCUT2D eigenvalue weighted by atomic mass is 10.1. The van der Waals surface area contributed by atoms with Crippen molar-refractivity contribution in [2.24, 2.45) is 0 Å². The quantitative estimate of drug-likeness (QED) is 0.927. The maximum atomic E-state index is 12.8. The maximum absolute atomic E-state index is 12.8. The van der Waals surface area contributed by atoms with Crippen molar-refractivity contribution < 1.29 is 4.79 Å². The third-order valence-electron chi connectivity index (χ3n) is 3.74. The Morgan fingerprint density at radius 2 is 2.29 bits per heavy atom. The molecule has 4 nitrogen and oxygen atoms in total. The van der Waals surface area contributed by atoms with E-state index < -0.39 is 0 Å². The van der Waals surface area contributed by atoms with E-state index in [0.717, 1.165) is 49.5 Å². The van der Waals surface area contributed by atoms with Crippen LogP contribution < -0.4 is 5.32 Å². The molecule has 1 amide bonds. The van der Waals surface area contributed by atoms with Gasteiger partial charge in [0.25, 0.3) is 5.91 Å². The minimum atomic E-state index is 0.120. The monoisotopic (exact) mass is 307 g/mol. The molecule has 1 aromatic rings. The highest BCUT2D eigenvalue weighted by Gasteiger charge is 2.27. The van der Waals surface area contributed by atoms with Crippen LogP contribution in [0.2, 0.25) is 0 Å². The summed E-state index contributed by atoms with van der Waals surface area (Å²) in [6, 6.07) is 1.82. The SMILES string of the molecule is CCCNc1cnccc1C(=O)N1CCSC(C)(C)CC1. The van der Waals surface area contributed by atoms with Crippen LogP contribution >= 0.6 is 11.8 Å². The molecule has 1 N–H and O–H groups in total. The highest BCUT2D eigenvalue weighted by Crippen LogP contribution is 2.31. The minimum absolute atomic E-state index is 0.120. The summed E-state index contributed by atoms with van der Waals surface area (Å²) in [7, 11) is 0. The average molecular weight is 307 g/mol. The molecule has 1 aliphatic heterocycles. The first-order valence-corrected chi connectivity index (χ1v) is 8.63. The van der Waals surface area contributed by atoms with E-state index in [9.17, 15) is 4.79 Å². The smallest absolute Gasteiger partial charge is 0.256 e. The van der Waals surface area contributed by atoms with Crippen molar-refractivity contribution in [3.05, 3.63) is 24.0 Å². The van der Waals surface area contributed by atoms with Gasteiger partial charge in [0, 0.05) is 36.3 Å². The number of nitrogens with zero attached hydrogens (tertiary/aromatic N) is 2. The number of hydrogen-bond donors (Lipinski definition) is 1. The first kappa shape index (κ1) is 16.1.